The number of alkyl halides is 3. The molecular formula is C33H44BF4NO9. The molecule has 2 heterocycles. The minimum absolute atomic E-state index is 0.0304. The highest BCUT2D eigenvalue weighted by Crippen LogP contribution is 2.67. The summed E-state index contributed by atoms with van der Waals surface area (Å²) in [5.74, 6) is -4.52. The Morgan fingerprint density at radius 2 is 1.85 bits per heavy atom. The molecule has 3 N–H and O–H groups in total. The van der Waals surface area contributed by atoms with E-state index in [-0.39, 0.29) is 46.8 Å². The van der Waals surface area contributed by atoms with E-state index >= 15 is 4.39 Å². The van der Waals surface area contributed by atoms with Crippen molar-refractivity contribution in [1.29, 1.82) is 0 Å². The average Bonchev–Trinajstić information content (AvgIpc) is 3.55. The van der Waals surface area contributed by atoms with Crippen molar-refractivity contribution in [2.45, 2.75) is 91.2 Å². The fourth-order valence-corrected chi connectivity index (χ4v) is 9.40. The molecule has 2 bridgehead atoms. The van der Waals surface area contributed by atoms with Crippen molar-refractivity contribution in [3.8, 4) is 5.75 Å². The van der Waals surface area contributed by atoms with Crippen molar-refractivity contribution in [3.63, 3.8) is 0 Å². The Bertz CT molecular complexity index is 1430. The van der Waals surface area contributed by atoms with Gasteiger partial charge in [-0.1, -0.05) is 33.8 Å². The molecule has 15 heteroatoms. The van der Waals surface area contributed by atoms with Crippen LogP contribution in [0.3, 0.4) is 0 Å². The molecule has 2 aliphatic heterocycles. The number of esters is 1. The van der Waals surface area contributed by atoms with E-state index in [4.69, 9.17) is 24.0 Å². The molecule has 5 aliphatic rings. The third kappa shape index (κ3) is 6.35. The van der Waals surface area contributed by atoms with Crippen LogP contribution in [-0.2, 0) is 30.4 Å². The number of aliphatic hydroxyl groups is 1. The molecule has 266 valence electrons. The van der Waals surface area contributed by atoms with Crippen LogP contribution in [0.15, 0.2) is 12.1 Å². The molecule has 3 saturated carbocycles. The Balaban J connectivity index is 0.000000582. The number of benzene rings is 1. The predicted octanol–water partition coefficient (Wildman–Crippen LogP) is 0.730. The number of carbonyl (C=O) groups is 3. The Kier molecular flexibility index (Phi) is 10.0. The zero-order valence-corrected chi connectivity index (χ0v) is 27.7. The molecule has 4 fully saturated rings. The van der Waals surface area contributed by atoms with Gasteiger partial charge < -0.3 is 39.1 Å². The zero-order valence-electron chi connectivity index (χ0n) is 27.7. The van der Waals surface area contributed by atoms with Crippen LogP contribution in [0, 0.1) is 39.8 Å². The summed E-state index contributed by atoms with van der Waals surface area (Å²) in [7, 11) is -1.37. The highest BCUT2D eigenvalue weighted by Gasteiger charge is 2.69. The van der Waals surface area contributed by atoms with Gasteiger partial charge in [0.2, 0.25) is 0 Å². The zero-order chi connectivity index (χ0) is 35.4. The van der Waals surface area contributed by atoms with Gasteiger partial charge in [-0.25, -0.2) is 9.18 Å². The number of aliphatic carboxylic acids is 1. The van der Waals surface area contributed by atoms with E-state index in [0.717, 1.165) is 38.9 Å². The second-order valence-corrected chi connectivity index (χ2v) is 15.0. The molecule has 1 aromatic carbocycles. The molecule has 8 atom stereocenters. The van der Waals surface area contributed by atoms with Crippen LogP contribution in [0.1, 0.15) is 71.8 Å². The number of carboxylic acids is 1. The first-order chi connectivity index (χ1) is 22.3. The SMILES string of the molecule is C[C@H]1[C@H](O)[C@](C)(C[NH+]2CCC2)C[C@@H](OC(=O)COc2ccc3c(c2F)B(O)OC3)[C@@]2(C)[C@@H]3C(=O)CC[C@]31CC[C@@H]2C.O=C([O-])C(F)(F)F. The van der Waals surface area contributed by atoms with E-state index in [9.17, 15) is 32.9 Å². The third-order valence-corrected chi connectivity index (χ3v) is 12.3. The molecule has 0 unspecified atom stereocenters. The fraction of sp³-hybridized carbons (Fsp3) is 0.727. The minimum Gasteiger partial charge on any atom is -0.542 e. The summed E-state index contributed by atoms with van der Waals surface area (Å²) in [6.07, 6.45) is -1.75. The van der Waals surface area contributed by atoms with Gasteiger partial charge in [0.25, 0.3) is 0 Å². The van der Waals surface area contributed by atoms with Gasteiger partial charge >= 0.3 is 19.3 Å². The quantitative estimate of drug-likeness (QED) is 0.224. The summed E-state index contributed by atoms with van der Waals surface area (Å²) in [4.78, 5) is 37.3. The maximum absolute atomic E-state index is 15.1. The fourth-order valence-electron chi connectivity index (χ4n) is 9.40. The van der Waals surface area contributed by atoms with Crippen LogP contribution in [0.25, 0.3) is 0 Å². The first kappa shape index (κ1) is 36.5. The number of nitrogens with one attached hydrogen (secondary N) is 1. The van der Waals surface area contributed by atoms with Crippen molar-refractivity contribution < 1.29 is 66.2 Å². The number of halogens is 4. The van der Waals surface area contributed by atoms with E-state index in [1.165, 1.54) is 17.4 Å². The largest absolute Gasteiger partial charge is 0.542 e. The van der Waals surface area contributed by atoms with Crippen LogP contribution in [0.2, 0.25) is 0 Å². The van der Waals surface area contributed by atoms with Crippen molar-refractivity contribution in [2.24, 2.45) is 34.0 Å². The van der Waals surface area contributed by atoms with Crippen molar-refractivity contribution in [1.82, 2.24) is 0 Å². The maximum atomic E-state index is 15.1. The normalized spacial score (nSPS) is 36.1. The Labute approximate surface area is 277 Å². The number of likely N-dealkylation sites (tertiary alicyclic amines) is 1. The lowest BCUT2D eigenvalue weighted by atomic mass is 9.44. The number of quaternary nitrogens is 1. The Hall–Kier alpha value is -2.75. The Morgan fingerprint density at radius 1 is 1.19 bits per heavy atom. The lowest BCUT2D eigenvalue weighted by Crippen LogP contribution is -3.19. The smallest absolute Gasteiger partial charge is 0.494 e. The van der Waals surface area contributed by atoms with Crippen LogP contribution in [0.4, 0.5) is 17.6 Å². The van der Waals surface area contributed by atoms with Crippen LogP contribution < -0.4 is 20.2 Å². The number of rotatable bonds is 6. The van der Waals surface area contributed by atoms with Crippen LogP contribution in [0.5, 0.6) is 5.75 Å². The standard InChI is InChI=1S/C31H43BFNO7.C2HF3O2/c1-18-8-10-31-11-9-21(35)27(31)30(18,4)23(14-29(3,28(37)19(31)2)17-34-12-5-13-34)41-24(36)16-39-22-7-6-20-15-40-32(38)25(20)26(22)33;3-2(4,5)1(6)7/h6-7,18-19,23,27-28,37-38H,5,8-17H2,1-4H3;(H,6,7)/t18-,19-,23+,27-,28-,29-,30-,31-;/m0./s1. The van der Waals surface area contributed by atoms with E-state index in [0.29, 0.717) is 18.4 Å². The molecule has 0 radical (unpaired) electrons. The van der Waals surface area contributed by atoms with Gasteiger partial charge in [-0.05, 0) is 54.6 Å². The topological polar surface area (TPSA) is 147 Å². The van der Waals surface area contributed by atoms with Crippen LogP contribution in [-0.4, -0.2) is 79.6 Å². The molecule has 6 rings (SSSR count). The maximum Gasteiger partial charge on any atom is 0.494 e. The monoisotopic (exact) mass is 685 g/mol. The van der Waals surface area contributed by atoms with E-state index < -0.39 is 60.7 Å². The molecule has 0 amide bonds. The second kappa shape index (κ2) is 13.2. The Morgan fingerprint density at radius 3 is 2.46 bits per heavy atom. The summed E-state index contributed by atoms with van der Waals surface area (Å²) < 4.78 is 63.6. The van der Waals surface area contributed by atoms with Gasteiger partial charge in [-0.2, -0.15) is 13.2 Å². The number of hydrogen-bond acceptors (Lipinski definition) is 9. The van der Waals surface area contributed by atoms with Gasteiger partial charge in [-0.3, -0.25) is 4.79 Å². The number of fused-ring (bicyclic) bond motifs is 1. The highest BCUT2D eigenvalue weighted by atomic mass is 19.4. The lowest BCUT2D eigenvalue weighted by molar-refractivity contribution is -0.945. The molecule has 48 heavy (non-hydrogen) atoms. The average molecular weight is 686 g/mol. The van der Waals surface area contributed by atoms with Gasteiger partial charge in [0, 0.05) is 35.1 Å². The summed E-state index contributed by atoms with van der Waals surface area (Å²) in [6.45, 7) is 11.1. The third-order valence-electron chi connectivity index (χ3n) is 12.3. The number of aliphatic hydroxyl groups excluding tert-OH is 1. The molecule has 1 saturated heterocycles. The minimum atomic E-state index is -5.19. The lowest BCUT2D eigenvalue weighted by Gasteiger charge is -2.62. The molecule has 1 aromatic rings. The molecule has 0 spiro atoms. The predicted molar refractivity (Wildman–Crippen MR) is 160 cm³/mol. The highest BCUT2D eigenvalue weighted by molar-refractivity contribution is 6.61. The number of hydrogen-bond donors (Lipinski definition) is 3. The molecular weight excluding hydrogens is 641 g/mol. The van der Waals surface area contributed by atoms with Gasteiger partial charge in [0.1, 0.15) is 17.9 Å². The molecule has 3 aliphatic carbocycles. The second-order valence-electron chi connectivity index (χ2n) is 15.0. The number of ether oxygens (including phenoxy) is 2. The first-order valence-electron chi connectivity index (χ1n) is 16.6. The van der Waals surface area contributed by atoms with E-state index in [1.54, 1.807) is 6.07 Å². The van der Waals surface area contributed by atoms with Gasteiger partial charge in [0.05, 0.1) is 32.3 Å². The van der Waals surface area contributed by atoms with Crippen molar-refractivity contribution in [2.75, 3.05) is 26.2 Å². The molecule has 10 nitrogen and oxygen atoms in total. The van der Waals surface area contributed by atoms with Gasteiger partial charge in [0.15, 0.2) is 18.2 Å². The summed E-state index contributed by atoms with van der Waals surface area (Å²) in [5.41, 5.74) is -0.851. The summed E-state index contributed by atoms with van der Waals surface area (Å²) >= 11 is 0. The number of Topliss-reactive ketones (excluding diaryl/α,β-unsaturated/α-hetero) is 1. The molecule has 0 aromatic heterocycles. The van der Waals surface area contributed by atoms with Gasteiger partial charge in [-0.15, -0.1) is 0 Å². The van der Waals surface area contributed by atoms with Crippen molar-refractivity contribution in [3.05, 3.63) is 23.5 Å². The van der Waals surface area contributed by atoms with E-state index in [1.807, 2.05) is 0 Å². The number of carboxylic acid groups (broad SMARTS) is 1. The first-order valence-corrected chi connectivity index (χ1v) is 16.6. The number of ketones is 1. The summed E-state index contributed by atoms with van der Waals surface area (Å²) in [5, 5.41) is 30.8. The van der Waals surface area contributed by atoms with Crippen molar-refractivity contribution >= 4 is 30.3 Å². The van der Waals surface area contributed by atoms with E-state index in [2.05, 4.69) is 27.7 Å². The summed E-state index contributed by atoms with van der Waals surface area (Å²) in [6, 6.07) is 3.05. The van der Waals surface area contributed by atoms with Crippen LogP contribution >= 0.6 is 0 Å². The number of carbonyl (C=O) groups excluding carboxylic acids is 3.